The van der Waals surface area contributed by atoms with Crippen molar-refractivity contribution in [3.8, 4) is 11.1 Å². The third-order valence-electron chi connectivity index (χ3n) is 5.70. The standard InChI is InChI=1S/C26H34N2O3/c1-6-27(5)18-22-17-23(28(24(22)29)25(30)31-26(2,3)4)16-19-12-14-21(15-13-19)20-10-8-7-9-11-20/h7-15,22-23H,6,16-18H2,1-5H3/t22?,23-/m1/s1. The summed E-state index contributed by atoms with van der Waals surface area (Å²) in [5, 5.41) is 0. The van der Waals surface area contributed by atoms with Gasteiger partial charge in [0.1, 0.15) is 5.60 Å². The lowest BCUT2D eigenvalue weighted by Gasteiger charge is -2.27. The van der Waals surface area contributed by atoms with Crippen molar-refractivity contribution in [2.24, 2.45) is 5.92 Å². The number of rotatable bonds is 6. The summed E-state index contributed by atoms with van der Waals surface area (Å²) in [7, 11) is 2.00. The lowest BCUT2D eigenvalue weighted by molar-refractivity contribution is -0.131. The molecule has 2 aromatic rings. The van der Waals surface area contributed by atoms with Crippen molar-refractivity contribution in [2.45, 2.75) is 52.2 Å². The van der Waals surface area contributed by atoms with Gasteiger partial charge in [0.2, 0.25) is 5.91 Å². The Morgan fingerprint density at radius 2 is 1.68 bits per heavy atom. The van der Waals surface area contributed by atoms with E-state index in [9.17, 15) is 9.59 Å². The van der Waals surface area contributed by atoms with Gasteiger partial charge in [0.15, 0.2) is 0 Å². The van der Waals surface area contributed by atoms with E-state index in [-0.39, 0.29) is 17.9 Å². The highest BCUT2D eigenvalue weighted by Gasteiger charge is 2.44. The van der Waals surface area contributed by atoms with Crippen molar-refractivity contribution in [1.29, 1.82) is 0 Å². The first-order valence-corrected chi connectivity index (χ1v) is 11.1. The minimum absolute atomic E-state index is 0.125. The molecule has 0 spiro atoms. The van der Waals surface area contributed by atoms with E-state index >= 15 is 0 Å². The molecule has 0 saturated carbocycles. The van der Waals surface area contributed by atoms with Gasteiger partial charge in [-0.2, -0.15) is 0 Å². The quantitative estimate of drug-likeness (QED) is 0.657. The van der Waals surface area contributed by atoms with Gasteiger partial charge in [0.25, 0.3) is 0 Å². The normalized spacial score (nSPS) is 19.2. The Hall–Kier alpha value is -2.66. The first-order valence-electron chi connectivity index (χ1n) is 11.1. The number of nitrogens with zero attached hydrogens (tertiary/aromatic N) is 2. The van der Waals surface area contributed by atoms with Crippen molar-refractivity contribution in [1.82, 2.24) is 9.80 Å². The molecule has 0 radical (unpaired) electrons. The smallest absolute Gasteiger partial charge is 0.417 e. The van der Waals surface area contributed by atoms with E-state index in [0.717, 1.165) is 17.7 Å². The maximum absolute atomic E-state index is 13.1. The van der Waals surface area contributed by atoms with E-state index in [2.05, 4.69) is 48.2 Å². The fraction of sp³-hybridized carbons (Fsp3) is 0.462. The molecule has 2 atom stereocenters. The lowest BCUT2D eigenvalue weighted by atomic mass is 9.97. The van der Waals surface area contributed by atoms with Gasteiger partial charge in [-0.15, -0.1) is 0 Å². The summed E-state index contributed by atoms with van der Waals surface area (Å²) < 4.78 is 5.57. The van der Waals surface area contributed by atoms with E-state index in [0.29, 0.717) is 19.4 Å². The van der Waals surface area contributed by atoms with Gasteiger partial charge in [0.05, 0.1) is 5.92 Å². The number of hydrogen-bond donors (Lipinski definition) is 0. The minimum atomic E-state index is -0.641. The molecule has 1 saturated heterocycles. The van der Waals surface area contributed by atoms with Crippen LogP contribution in [0.4, 0.5) is 4.79 Å². The second-order valence-electron chi connectivity index (χ2n) is 9.40. The maximum Gasteiger partial charge on any atom is 0.417 e. The number of hydrogen-bond acceptors (Lipinski definition) is 4. The largest absolute Gasteiger partial charge is 0.443 e. The zero-order valence-electron chi connectivity index (χ0n) is 19.3. The highest BCUT2D eigenvalue weighted by molar-refractivity contribution is 5.95. The lowest BCUT2D eigenvalue weighted by Crippen LogP contribution is -2.44. The molecule has 2 amide bonds. The van der Waals surface area contributed by atoms with E-state index < -0.39 is 11.7 Å². The molecule has 0 aliphatic carbocycles. The van der Waals surface area contributed by atoms with Crippen LogP contribution in [0.2, 0.25) is 0 Å². The third kappa shape index (κ3) is 5.95. The van der Waals surface area contributed by atoms with Crippen molar-refractivity contribution in [2.75, 3.05) is 20.1 Å². The molecule has 0 bridgehead atoms. The summed E-state index contributed by atoms with van der Waals surface area (Å²) >= 11 is 0. The van der Waals surface area contributed by atoms with Gasteiger partial charge < -0.3 is 9.64 Å². The Morgan fingerprint density at radius 3 is 2.26 bits per heavy atom. The van der Waals surface area contributed by atoms with Crippen LogP contribution in [-0.4, -0.2) is 53.6 Å². The predicted molar refractivity (Wildman–Crippen MR) is 124 cm³/mol. The Balaban J connectivity index is 1.78. The van der Waals surface area contributed by atoms with Crippen molar-refractivity contribution in [3.05, 3.63) is 60.2 Å². The van der Waals surface area contributed by atoms with Crippen molar-refractivity contribution < 1.29 is 14.3 Å². The molecule has 2 aromatic carbocycles. The number of amides is 2. The summed E-state index contributed by atoms with van der Waals surface area (Å²) in [4.78, 5) is 29.5. The molecule has 31 heavy (non-hydrogen) atoms. The number of imide groups is 1. The molecule has 0 aromatic heterocycles. The third-order valence-corrected chi connectivity index (χ3v) is 5.70. The molecule has 3 rings (SSSR count). The molecular weight excluding hydrogens is 388 g/mol. The Morgan fingerprint density at radius 1 is 1.06 bits per heavy atom. The van der Waals surface area contributed by atoms with Crippen molar-refractivity contribution in [3.63, 3.8) is 0 Å². The Bertz CT molecular complexity index is 887. The van der Waals surface area contributed by atoms with Crippen LogP contribution in [0.1, 0.15) is 39.7 Å². The number of benzene rings is 2. The zero-order valence-corrected chi connectivity index (χ0v) is 19.3. The second kappa shape index (κ2) is 9.65. The van der Waals surface area contributed by atoms with E-state index in [1.807, 2.05) is 46.0 Å². The summed E-state index contributed by atoms with van der Waals surface area (Å²) in [5.74, 6) is -0.313. The van der Waals surface area contributed by atoms with Gasteiger partial charge in [-0.1, -0.05) is 61.5 Å². The van der Waals surface area contributed by atoms with E-state index in [1.165, 1.54) is 10.5 Å². The van der Waals surface area contributed by atoms with Gasteiger partial charge in [0, 0.05) is 12.6 Å². The maximum atomic E-state index is 13.1. The average molecular weight is 423 g/mol. The second-order valence-corrected chi connectivity index (χ2v) is 9.40. The summed E-state index contributed by atoms with van der Waals surface area (Å²) in [5.41, 5.74) is 2.79. The van der Waals surface area contributed by atoms with Gasteiger partial charge in [-0.05, 0) is 63.9 Å². The summed E-state index contributed by atoms with van der Waals surface area (Å²) in [6.45, 7) is 9.05. The van der Waals surface area contributed by atoms with Crippen LogP contribution in [0.3, 0.4) is 0 Å². The van der Waals surface area contributed by atoms with Gasteiger partial charge >= 0.3 is 6.09 Å². The molecule has 166 valence electrons. The molecule has 1 unspecified atom stereocenters. The first-order chi connectivity index (χ1) is 14.7. The average Bonchev–Trinajstić information content (AvgIpc) is 3.02. The van der Waals surface area contributed by atoms with Crippen LogP contribution >= 0.6 is 0 Å². The van der Waals surface area contributed by atoms with Crippen LogP contribution in [0, 0.1) is 5.92 Å². The first kappa shape index (κ1) is 23.0. The minimum Gasteiger partial charge on any atom is -0.443 e. The van der Waals surface area contributed by atoms with Crippen LogP contribution in [0.5, 0.6) is 0 Å². The monoisotopic (exact) mass is 422 g/mol. The fourth-order valence-corrected chi connectivity index (χ4v) is 4.03. The number of carbonyl (C=O) groups excluding carboxylic acids is 2. The Kier molecular flexibility index (Phi) is 7.16. The van der Waals surface area contributed by atoms with Crippen LogP contribution in [0.25, 0.3) is 11.1 Å². The van der Waals surface area contributed by atoms with Gasteiger partial charge in [-0.25, -0.2) is 9.69 Å². The van der Waals surface area contributed by atoms with Crippen LogP contribution in [0.15, 0.2) is 54.6 Å². The highest BCUT2D eigenvalue weighted by atomic mass is 16.6. The van der Waals surface area contributed by atoms with Crippen molar-refractivity contribution >= 4 is 12.0 Å². The zero-order chi connectivity index (χ0) is 22.6. The van der Waals surface area contributed by atoms with Crippen LogP contribution in [-0.2, 0) is 16.0 Å². The van der Waals surface area contributed by atoms with E-state index in [4.69, 9.17) is 4.74 Å². The molecule has 1 fully saturated rings. The number of likely N-dealkylation sites (tertiary alicyclic amines) is 1. The summed E-state index contributed by atoms with van der Waals surface area (Å²) in [6, 6.07) is 18.4. The molecule has 0 N–H and O–H groups in total. The molecule has 1 aliphatic heterocycles. The highest BCUT2D eigenvalue weighted by Crippen LogP contribution is 2.30. The van der Waals surface area contributed by atoms with Gasteiger partial charge in [-0.3, -0.25) is 4.79 Å². The van der Waals surface area contributed by atoms with Crippen LogP contribution < -0.4 is 0 Å². The number of carbonyl (C=O) groups is 2. The molecular formula is C26H34N2O3. The summed E-state index contributed by atoms with van der Waals surface area (Å²) in [6.07, 6.45) is 0.750. The number of ether oxygens (including phenoxy) is 1. The molecule has 1 aliphatic rings. The SMILES string of the molecule is CCN(C)CC1C[C@@H](Cc2ccc(-c3ccccc3)cc2)N(C(=O)OC(C)(C)C)C1=O. The predicted octanol–water partition coefficient (Wildman–Crippen LogP) is 5.00. The molecule has 1 heterocycles. The topological polar surface area (TPSA) is 49.9 Å². The van der Waals surface area contributed by atoms with E-state index in [1.54, 1.807) is 0 Å². The molecule has 5 heteroatoms. The fourth-order valence-electron chi connectivity index (χ4n) is 4.03. The molecule has 5 nitrogen and oxygen atoms in total. The Labute approximate surface area is 186 Å².